The minimum Gasteiger partial charge on any atom is -0.497 e. The maximum atomic E-state index is 11.0. The monoisotopic (exact) mass is 224 g/mol. The Labute approximate surface area is 95.1 Å². The van der Waals surface area contributed by atoms with Gasteiger partial charge in [0.2, 0.25) is 0 Å². The van der Waals surface area contributed by atoms with Crippen LogP contribution < -0.4 is 9.47 Å². The first-order valence-corrected chi connectivity index (χ1v) is 5.07. The van der Waals surface area contributed by atoms with Gasteiger partial charge in [-0.15, -0.1) is 0 Å². The molecule has 0 bridgehead atoms. The largest absolute Gasteiger partial charge is 0.497 e. The lowest BCUT2D eigenvalue weighted by atomic mass is 10.2. The molecule has 0 amide bonds. The molecule has 0 N–H and O–H groups in total. The first kappa shape index (κ1) is 12.4. The third-order valence-electron chi connectivity index (χ3n) is 2.10. The van der Waals surface area contributed by atoms with Crippen LogP contribution in [0.2, 0.25) is 0 Å². The predicted molar refractivity (Wildman–Crippen MR) is 59.6 cm³/mol. The number of carbonyl (C=O) groups excluding carboxylic acids is 1. The Bertz CT molecular complexity index is 338. The van der Waals surface area contributed by atoms with Crippen LogP contribution in [0.5, 0.6) is 11.5 Å². The number of ether oxygens (including phenoxy) is 3. The molecule has 0 saturated carbocycles. The van der Waals surface area contributed by atoms with E-state index in [9.17, 15) is 4.79 Å². The summed E-state index contributed by atoms with van der Waals surface area (Å²) in [6, 6.07) is 5.39. The normalized spacial score (nSPS) is 9.69. The van der Waals surface area contributed by atoms with Gasteiger partial charge in [0.15, 0.2) is 0 Å². The summed E-state index contributed by atoms with van der Waals surface area (Å²) in [5.41, 5.74) is 0.845. The molecule has 0 atom stereocenters. The summed E-state index contributed by atoms with van der Waals surface area (Å²) in [5, 5.41) is 0. The molecule has 0 unspecified atom stereocenters. The predicted octanol–water partition coefficient (Wildman–Crippen LogP) is 2.16. The van der Waals surface area contributed by atoms with Crippen molar-refractivity contribution < 1.29 is 19.0 Å². The minimum atomic E-state index is -0.221. The SMILES string of the molecule is CCC(=O)OCc1cc(OC)cc(OC)c1. The second-order valence-electron chi connectivity index (χ2n) is 3.24. The summed E-state index contributed by atoms with van der Waals surface area (Å²) < 4.78 is 15.2. The molecule has 0 aliphatic heterocycles. The quantitative estimate of drug-likeness (QED) is 0.719. The highest BCUT2D eigenvalue weighted by Crippen LogP contribution is 2.22. The van der Waals surface area contributed by atoms with Gasteiger partial charge in [-0.2, -0.15) is 0 Å². The molecule has 0 heterocycles. The van der Waals surface area contributed by atoms with E-state index in [0.29, 0.717) is 17.9 Å². The maximum Gasteiger partial charge on any atom is 0.305 e. The van der Waals surface area contributed by atoms with Crippen molar-refractivity contribution >= 4 is 5.97 Å². The highest BCUT2D eigenvalue weighted by Gasteiger charge is 2.04. The number of carbonyl (C=O) groups is 1. The highest BCUT2D eigenvalue weighted by molar-refractivity contribution is 5.68. The van der Waals surface area contributed by atoms with Gasteiger partial charge in [-0.05, 0) is 17.7 Å². The lowest BCUT2D eigenvalue weighted by Gasteiger charge is -2.08. The van der Waals surface area contributed by atoms with E-state index in [1.165, 1.54) is 0 Å². The van der Waals surface area contributed by atoms with E-state index in [2.05, 4.69) is 0 Å². The van der Waals surface area contributed by atoms with Gasteiger partial charge in [-0.3, -0.25) is 4.79 Å². The van der Waals surface area contributed by atoms with Gasteiger partial charge in [-0.1, -0.05) is 6.92 Å². The Morgan fingerprint density at radius 1 is 1.12 bits per heavy atom. The number of benzene rings is 1. The van der Waals surface area contributed by atoms with Crippen LogP contribution in [0.1, 0.15) is 18.9 Å². The van der Waals surface area contributed by atoms with Crippen molar-refractivity contribution in [2.45, 2.75) is 20.0 Å². The van der Waals surface area contributed by atoms with Gasteiger partial charge < -0.3 is 14.2 Å². The zero-order chi connectivity index (χ0) is 12.0. The van der Waals surface area contributed by atoms with Crippen LogP contribution in [0.25, 0.3) is 0 Å². The first-order valence-electron chi connectivity index (χ1n) is 5.07. The third-order valence-corrected chi connectivity index (χ3v) is 2.10. The zero-order valence-corrected chi connectivity index (χ0v) is 9.78. The molecule has 16 heavy (non-hydrogen) atoms. The Morgan fingerprint density at radius 3 is 2.12 bits per heavy atom. The average molecular weight is 224 g/mol. The van der Waals surface area contributed by atoms with Gasteiger partial charge >= 0.3 is 5.97 Å². The molecule has 1 aromatic carbocycles. The molecular formula is C12H16O4. The molecule has 0 radical (unpaired) electrons. The Kier molecular flexibility index (Phi) is 4.64. The van der Waals surface area contributed by atoms with Crippen molar-refractivity contribution in [2.75, 3.05) is 14.2 Å². The molecule has 0 spiro atoms. The number of rotatable bonds is 5. The van der Waals surface area contributed by atoms with E-state index in [1.807, 2.05) is 12.1 Å². The van der Waals surface area contributed by atoms with Crippen LogP contribution in [-0.4, -0.2) is 20.2 Å². The van der Waals surface area contributed by atoms with Gasteiger partial charge in [-0.25, -0.2) is 0 Å². The summed E-state index contributed by atoms with van der Waals surface area (Å²) >= 11 is 0. The average Bonchev–Trinajstić information content (AvgIpc) is 2.35. The summed E-state index contributed by atoms with van der Waals surface area (Å²) in [4.78, 5) is 11.0. The van der Waals surface area contributed by atoms with Crippen LogP contribution in [-0.2, 0) is 16.1 Å². The van der Waals surface area contributed by atoms with Crippen LogP contribution in [0, 0.1) is 0 Å². The molecule has 1 rings (SSSR count). The topological polar surface area (TPSA) is 44.8 Å². The minimum absolute atomic E-state index is 0.221. The molecule has 4 heteroatoms. The van der Waals surface area contributed by atoms with E-state index in [4.69, 9.17) is 14.2 Å². The molecule has 0 aliphatic rings. The van der Waals surface area contributed by atoms with Gasteiger partial charge in [0, 0.05) is 12.5 Å². The fourth-order valence-corrected chi connectivity index (χ4v) is 1.22. The maximum absolute atomic E-state index is 11.0. The summed E-state index contributed by atoms with van der Waals surface area (Å²) in [7, 11) is 3.16. The molecule has 4 nitrogen and oxygen atoms in total. The molecular weight excluding hydrogens is 208 g/mol. The summed E-state index contributed by atoms with van der Waals surface area (Å²) in [5.74, 6) is 1.14. The summed E-state index contributed by atoms with van der Waals surface area (Å²) in [6.45, 7) is 1.99. The van der Waals surface area contributed by atoms with Crippen molar-refractivity contribution in [1.82, 2.24) is 0 Å². The number of hydrogen-bond donors (Lipinski definition) is 0. The molecule has 0 fully saturated rings. The molecule has 0 aromatic heterocycles. The van der Waals surface area contributed by atoms with E-state index >= 15 is 0 Å². The number of esters is 1. The molecule has 0 saturated heterocycles. The van der Waals surface area contributed by atoms with Crippen LogP contribution >= 0.6 is 0 Å². The van der Waals surface area contributed by atoms with Gasteiger partial charge in [0.25, 0.3) is 0 Å². The van der Waals surface area contributed by atoms with Crippen molar-refractivity contribution in [3.63, 3.8) is 0 Å². The van der Waals surface area contributed by atoms with Crippen molar-refractivity contribution in [3.8, 4) is 11.5 Å². The highest BCUT2D eigenvalue weighted by atomic mass is 16.5. The van der Waals surface area contributed by atoms with Crippen LogP contribution in [0.15, 0.2) is 18.2 Å². The Balaban J connectivity index is 2.74. The standard InChI is InChI=1S/C12H16O4/c1-4-12(13)16-8-9-5-10(14-2)7-11(6-9)15-3/h5-7H,4,8H2,1-3H3. The van der Waals surface area contributed by atoms with Crippen LogP contribution in [0.4, 0.5) is 0 Å². The van der Waals surface area contributed by atoms with Crippen molar-refractivity contribution in [1.29, 1.82) is 0 Å². The number of methoxy groups -OCH3 is 2. The van der Waals surface area contributed by atoms with E-state index < -0.39 is 0 Å². The van der Waals surface area contributed by atoms with Gasteiger partial charge in [0.1, 0.15) is 18.1 Å². The first-order chi connectivity index (χ1) is 7.69. The Hall–Kier alpha value is -1.71. The fraction of sp³-hybridized carbons (Fsp3) is 0.417. The smallest absolute Gasteiger partial charge is 0.305 e. The lowest BCUT2D eigenvalue weighted by Crippen LogP contribution is -2.02. The van der Waals surface area contributed by atoms with Crippen molar-refractivity contribution in [2.24, 2.45) is 0 Å². The van der Waals surface area contributed by atoms with E-state index in [1.54, 1.807) is 27.2 Å². The molecule has 88 valence electrons. The summed E-state index contributed by atoms with van der Waals surface area (Å²) in [6.07, 6.45) is 0.376. The lowest BCUT2D eigenvalue weighted by molar-refractivity contribution is -0.144. The molecule has 1 aromatic rings. The van der Waals surface area contributed by atoms with E-state index in [-0.39, 0.29) is 12.6 Å². The van der Waals surface area contributed by atoms with Crippen LogP contribution in [0.3, 0.4) is 0 Å². The third kappa shape index (κ3) is 3.46. The van der Waals surface area contributed by atoms with Gasteiger partial charge in [0.05, 0.1) is 14.2 Å². The van der Waals surface area contributed by atoms with E-state index in [0.717, 1.165) is 5.56 Å². The van der Waals surface area contributed by atoms with Crippen molar-refractivity contribution in [3.05, 3.63) is 23.8 Å². The second-order valence-corrected chi connectivity index (χ2v) is 3.24. The second kappa shape index (κ2) is 6.00. The Morgan fingerprint density at radius 2 is 1.69 bits per heavy atom. The fourth-order valence-electron chi connectivity index (χ4n) is 1.22. The zero-order valence-electron chi connectivity index (χ0n) is 9.78. The number of hydrogen-bond acceptors (Lipinski definition) is 4. The molecule has 0 aliphatic carbocycles.